The van der Waals surface area contributed by atoms with E-state index in [-0.39, 0.29) is 17.2 Å². The number of nitrogens with zero attached hydrogens (tertiary/aromatic N) is 2. The van der Waals surface area contributed by atoms with Crippen LogP contribution in [0.1, 0.15) is 79.1 Å². The van der Waals surface area contributed by atoms with Gasteiger partial charge in [-0.1, -0.05) is 50.8 Å². The van der Waals surface area contributed by atoms with E-state index in [9.17, 15) is 14.4 Å². The molecule has 2 heterocycles. The Morgan fingerprint density at radius 2 is 1.81 bits per heavy atom. The van der Waals surface area contributed by atoms with Crippen LogP contribution >= 0.6 is 23.1 Å². The third-order valence-corrected chi connectivity index (χ3v) is 8.72. The second-order valence-electron chi connectivity index (χ2n) is 9.29. The number of nitrogens with one attached hydrogen (secondary N) is 1. The van der Waals surface area contributed by atoms with Crippen LogP contribution in [0.3, 0.4) is 0 Å². The Kier molecular flexibility index (Phi) is 9.20. The van der Waals surface area contributed by atoms with Gasteiger partial charge in [0.2, 0.25) is 11.8 Å². The third-order valence-electron chi connectivity index (χ3n) is 6.56. The fourth-order valence-electron chi connectivity index (χ4n) is 4.62. The standard InChI is InChI=1S/C27H34N4O3S2/c1-2-3-4-5-6-9-16-31-26(34)23-20-10-7-8-11-21(20)36-25(23)30-27(31)35-17-22(32)29-19-14-12-18(13-15-19)24(28)33/h12-15H,2-11,16-17H2,1H3,(H2,28,33)(H,29,32). The van der Waals surface area contributed by atoms with Crippen molar-refractivity contribution in [2.24, 2.45) is 5.73 Å². The maximum absolute atomic E-state index is 13.6. The van der Waals surface area contributed by atoms with E-state index in [0.717, 1.165) is 48.7 Å². The van der Waals surface area contributed by atoms with Crippen LogP contribution in [0.25, 0.3) is 10.2 Å². The van der Waals surface area contributed by atoms with Crippen LogP contribution in [0.5, 0.6) is 0 Å². The molecule has 192 valence electrons. The summed E-state index contributed by atoms with van der Waals surface area (Å²) >= 11 is 2.94. The number of fused-ring (bicyclic) bond motifs is 3. The summed E-state index contributed by atoms with van der Waals surface area (Å²) < 4.78 is 1.80. The molecular weight excluding hydrogens is 492 g/mol. The van der Waals surface area contributed by atoms with Gasteiger partial charge < -0.3 is 11.1 Å². The van der Waals surface area contributed by atoms with Gasteiger partial charge in [-0.25, -0.2) is 4.98 Å². The van der Waals surface area contributed by atoms with Gasteiger partial charge in [0.1, 0.15) is 4.83 Å². The van der Waals surface area contributed by atoms with Gasteiger partial charge >= 0.3 is 0 Å². The van der Waals surface area contributed by atoms with Crippen LogP contribution in [0.15, 0.2) is 34.2 Å². The summed E-state index contributed by atoms with van der Waals surface area (Å²) in [6, 6.07) is 6.46. The number of hydrogen-bond acceptors (Lipinski definition) is 6. The lowest BCUT2D eigenvalue weighted by Crippen LogP contribution is -2.25. The molecule has 1 aliphatic carbocycles. The van der Waals surface area contributed by atoms with E-state index in [1.54, 1.807) is 40.2 Å². The van der Waals surface area contributed by atoms with Gasteiger partial charge in [0, 0.05) is 22.7 Å². The quantitative estimate of drug-likeness (QED) is 0.183. The number of rotatable bonds is 12. The largest absolute Gasteiger partial charge is 0.366 e. The molecule has 2 aromatic heterocycles. The highest BCUT2D eigenvalue weighted by Gasteiger charge is 2.22. The number of aryl methyl sites for hydroxylation is 2. The molecule has 0 saturated heterocycles. The average Bonchev–Trinajstić information content (AvgIpc) is 3.25. The number of nitrogens with two attached hydrogens (primary N) is 1. The van der Waals surface area contributed by atoms with Gasteiger partial charge in [0.25, 0.3) is 5.56 Å². The molecular formula is C27H34N4O3S2. The van der Waals surface area contributed by atoms with Gasteiger partial charge in [-0.3, -0.25) is 19.0 Å². The highest BCUT2D eigenvalue weighted by Crippen LogP contribution is 2.34. The summed E-state index contributed by atoms with van der Waals surface area (Å²) in [5, 5.41) is 4.24. The maximum atomic E-state index is 13.6. The number of anilines is 1. The summed E-state index contributed by atoms with van der Waals surface area (Å²) in [5.41, 5.74) is 7.49. The Bertz CT molecular complexity index is 1280. The molecule has 1 aromatic carbocycles. The highest BCUT2D eigenvalue weighted by molar-refractivity contribution is 7.99. The van der Waals surface area contributed by atoms with Crippen molar-refractivity contribution in [3.8, 4) is 0 Å². The molecule has 0 saturated carbocycles. The van der Waals surface area contributed by atoms with Crippen molar-refractivity contribution < 1.29 is 9.59 Å². The molecule has 0 unspecified atom stereocenters. The van der Waals surface area contributed by atoms with E-state index in [2.05, 4.69) is 12.2 Å². The minimum absolute atomic E-state index is 0.0397. The molecule has 0 spiro atoms. The number of unbranched alkanes of at least 4 members (excludes halogenated alkanes) is 5. The summed E-state index contributed by atoms with van der Waals surface area (Å²) in [6.07, 6.45) is 11.1. The van der Waals surface area contributed by atoms with Gasteiger partial charge in [-0.2, -0.15) is 0 Å². The second kappa shape index (κ2) is 12.5. The molecule has 1 aliphatic rings. The average molecular weight is 527 g/mol. The summed E-state index contributed by atoms with van der Waals surface area (Å²) in [6.45, 7) is 2.83. The summed E-state index contributed by atoms with van der Waals surface area (Å²) in [4.78, 5) is 44.5. The van der Waals surface area contributed by atoms with Gasteiger partial charge in [-0.15, -0.1) is 11.3 Å². The fourth-order valence-corrected chi connectivity index (χ4v) is 6.75. The molecule has 0 bridgehead atoms. The monoisotopic (exact) mass is 526 g/mol. The van der Waals surface area contributed by atoms with Crippen molar-refractivity contribution in [1.82, 2.24) is 9.55 Å². The third kappa shape index (κ3) is 6.37. The number of thioether (sulfide) groups is 1. The second-order valence-corrected chi connectivity index (χ2v) is 11.3. The predicted molar refractivity (Wildman–Crippen MR) is 148 cm³/mol. The zero-order valence-electron chi connectivity index (χ0n) is 20.8. The van der Waals surface area contributed by atoms with Crippen molar-refractivity contribution in [2.75, 3.05) is 11.1 Å². The number of carbonyl (C=O) groups excluding carboxylic acids is 2. The van der Waals surface area contributed by atoms with E-state index >= 15 is 0 Å². The SMILES string of the molecule is CCCCCCCCn1c(SCC(=O)Nc2ccc(C(N)=O)cc2)nc2sc3c(c2c1=O)CCCC3. The molecule has 2 amide bonds. The Morgan fingerprint density at radius 1 is 1.08 bits per heavy atom. The number of benzene rings is 1. The minimum Gasteiger partial charge on any atom is -0.366 e. The molecule has 4 rings (SSSR count). The van der Waals surface area contributed by atoms with Crippen molar-refractivity contribution in [3.63, 3.8) is 0 Å². The van der Waals surface area contributed by atoms with Crippen LogP contribution in [-0.4, -0.2) is 27.1 Å². The Hall–Kier alpha value is -2.65. The highest BCUT2D eigenvalue weighted by atomic mass is 32.2. The number of amides is 2. The van der Waals surface area contributed by atoms with Crippen LogP contribution < -0.4 is 16.6 Å². The number of thiophene rings is 1. The minimum atomic E-state index is -0.511. The molecule has 36 heavy (non-hydrogen) atoms. The zero-order chi connectivity index (χ0) is 25.5. The van der Waals surface area contributed by atoms with Crippen molar-refractivity contribution in [2.45, 2.75) is 82.8 Å². The molecule has 7 nitrogen and oxygen atoms in total. The first-order chi connectivity index (χ1) is 17.5. The summed E-state index contributed by atoms with van der Waals surface area (Å²) in [7, 11) is 0. The number of primary amides is 1. The van der Waals surface area contributed by atoms with Gasteiger partial charge in [-0.05, 0) is 61.9 Å². The molecule has 9 heteroatoms. The normalized spacial score (nSPS) is 13.0. The molecule has 0 fully saturated rings. The molecule has 0 atom stereocenters. The van der Waals surface area contributed by atoms with Gasteiger partial charge in [0.15, 0.2) is 5.16 Å². The lowest BCUT2D eigenvalue weighted by Gasteiger charge is -2.13. The molecule has 3 aromatic rings. The topological polar surface area (TPSA) is 107 Å². The van der Waals surface area contributed by atoms with Gasteiger partial charge in [0.05, 0.1) is 11.1 Å². The Balaban J connectivity index is 1.50. The van der Waals surface area contributed by atoms with Crippen LogP contribution in [-0.2, 0) is 24.2 Å². The maximum Gasteiger partial charge on any atom is 0.263 e. The van der Waals surface area contributed by atoms with E-state index in [1.807, 2.05) is 0 Å². The van der Waals surface area contributed by atoms with Crippen LogP contribution in [0.2, 0.25) is 0 Å². The first-order valence-corrected chi connectivity index (χ1v) is 14.7. The van der Waals surface area contributed by atoms with Crippen molar-refractivity contribution in [3.05, 3.63) is 50.6 Å². The predicted octanol–water partition coefficient (Wildman–Crippen LogP) is 5.53. The van der Waals surface area contributed by atoms with Crippen LogP contribution in [0.4, 0.5) is 5.69 Å². The molecule has 0 aliphatic heterocycles. The lowest BCUT2D eigenvalue weighted by molar-refractivity contribution is -0.113. The smallest absolute Gasteiger partial charge is 0.263 e. The first-order valence-electron chi connectivity index (χ1n) is 12.9. The molecule has 0 radical (unpaired) electrons. The lowest BCUT2D eigenvalue weighted by atomic mass is 9.97. The number of aromatic nitrogens is 2. The van der Waals surface area contributed by atoms with E-state index < -0.39 is 5.91 Å². The van der Waals surface area contributed by atoms with E-state index in [1.165, 1.54) is 47.9 Å². The van der Waals surface area contributed by atoms with E-state index in [0.29, 0.717) is 23.0 Å². The van der Waals surface area contributed by atoms with Crippen molar-refractivity contribution in [1.29, 1.82) is 0 Å². The van der Waals surface area contributed by atoms with Crippen molar-refractivity contribution >= 4 is 50.8 Å². The first kappa shape index (κ1) is 26.4. The zero-order valence-corrected chi connectivity index (χ0v) is 22.4. The Labute approximate surface area is 219 Å². The van der Waals surface area contributed by atoms with Crippen LogP contribution in [0, 0.1) is 0 Å². The number of carbonyl (C=O) groups is 2. The molecule has 3 N–H and O–H groups in total. The fraction of sp³-hybridized carbons (Fsp3) is 0.481. The Morgan fingerprint density at radius 3 is 2.56 bits per heavy atom. The number of hydrogen-bond donors (Lipinski definition) is 2. The van der Waals surface area contributed by atoms with E-state index in [4.69, 9.17) is 10.7 Å². The summed E-state index contributed by atoms with van der Waals surface area (Å²) in [5.74, 6) is -0.571.